The first kappa shape index (κ1) is 21.4. The van der Waals surface area contributed by atoms with Crippen LogP contribution in [0.4, 0.5) is 0 Å². The van der Waals surface area contributed by atoms with Crippen LogP contribution in [0, 0.1) is 13.8 Å². The van der Waals surface area contributed by atoms with Crippen LogP contribution in [0.1, 0.15) is 59.3 Å². The van der Waals surface area contributed by atoms with Gasteiger partial charge in [0.25, 0.3) is 0 Å². The van der Waals surface area contributed by atoms with Gasteiger partial charge in [-0.15, -0.1) is 0 Å². The molecule has 0 amide bonds. The van der Waals surface area contributed by atoms with Crippen molar-refractivity contribution >= 4 is 11.9 Å². The van der Waals surface area contributed by atoms with Gasteiger partial charge in [0.15, 0.2) is 0 Å². The zero-order valence-electron chi connectivity index (χ0n) is 17.1. The molecule has 28 heavy (non-hydrogen) atoms. The molecule has 150 valence electrons. The summed E-state index contributed by atoms with van der Waals surface area (Å²) in [5.41, 5.74) is 2.56. The van der Waals surface area contributed by atoms with E-state index in [9.17, 15) is 9.59 Å². The lowest BCUT2D eigenvalue weighted by Crippen LogP contribution is -2.17. The Labute approximate surface area is 165 Å². The van der Waals surface area contributed by atoms with E-state index in [1.54, 1.807) is 27.7 Å². The number of ether oxygens (including phenoxy) is 3. The second-order valence-corrected chi connectivity index (χ2v) is 6.19. The first-order valence-corrected chi connectivity index (χ1v) is 9.53. The molecule has 0 aliphatic heterocycles. The van der Waals surface area contributed by atoms with Gasteiger partial charge in [-0.3, -0.25) is 4.98 Å². The highest BCUT2D eigenvalue weighted by atomic mass is 16.5. The van der Waals surface area contributed by atoms with E-state index in [1.807, 2.05) is 31.2 Å². The normalized spacial score (nSPS) is 10.5. The Bertz CT molecular complexity index is 818. The Morgan fingerprint density at radius 3 is 1.93 bits per heavy atom. The summed E-state index contributed by atoms with van der Waals surface area (Å²) in [7, 11) is 0. The third-order valence-corrected chi connectivity index (χ3v) is 4.14. The van der Waals surface area contributed by atoms with Crippen molar-refractivity contribution in [1.29, 1.82) is 0 Å². The molecule has 0 atom stereocenters. The van der Waals surface area contributed by atoms with E-state index in [4.69, 9.17) is 14.2 Å². The lowest BCUT2D eigenvalue weighted by Gasteiger charge is -2.19. The van der Waals surface area contributed by atoms with Crippen LogP contribution in [0.5, 0.6) is 5.75 Å². The Morgan fingerprint density at radius 1 is 0.893 bits per heavy atom. The smallest absolute Gasteiger partial charge is 0.340 e. The van der Waals surface area contributed by atoms with Gasteiger partial charge in [0.05, 0.1) is 42.3 Å². The molecule has 0 fully saturated rings. The average molecular weight is 385 g/mol. The van der Waals surface area contributed by atoms with Gasteiger partial charge < -0.3 is 14.2 Å². The van der Waals surface area contributed by atoms with Crippen molar-refractivity contribution in [3.63, 3.8) is 0 Å². The van der Waals surface area contributed by atoms with Crippen molar-refractivity contribution in [3.8, 4) is 16.9 Å². The number of esters is 2. The van der Waals surface area contributed by atoms with Crippen LogP contribution in [-0.4, -0.2) is 36.7 Å². The van der Waals surface area contributed by atoms with Crippen molar-refractivity contribution in [2.24, 2.45) is 0 Å². The largest absolute Gasteiger partial charge is 0.493 e. The second kappa shape index (κ2) is 9.88. The average Bonchev–Trinajstić information content (AvgIpc) is 2.66. The van der Waals surface area contributed by atoms with Crippen LogP contribution in [0.3, 0.4) is 0 Å². The highest BCUT2D eigenvalue weighted by molar-refractivity contribution is 6.07. The van der Waals surface area contributed by atoms with Gasteiger partial charge >= 0.3 is 11.9 Å². The minimum atomic E-state index is -0.529. The molecule has 0 radical (unpaired) electrons. The number of hydrogen-bond donors (Lipinski definition) is 0. The van der Waals surface area contributed by atoms with E-state index in [0.29, 0.717) is 34.9 Å². The summed E-state index contributed by atoms with van der Waals surface area (Å²) in [4.78, 5) is 30.0. The summed E-state index contributed by atoms with van der Waals surface area (Å²) in [5.74, 6) is -0.470. The topological polar surface area (TPSA) is 74.7 Å². The van der Waals surface area contributed by atoms with Gasteiger partial charge in [0.2, 0.25) is 0 Å². The number of benzene rings is 1. The Morgan fingerprint density at radius 2 is 1.43 bits per heavy atom. The maximum atomic E-state index is 12.8. The number of pyridine rings is 1. The number of aromatic nitrogens is 1. The summed E-state index contributed by atoms with van der Waals surface area (Å²) < 4.78 is 16.4. The summed E-state index contributed by atoms with van der Waals surface area (Å²) in [6.45, 7) is 9.89. The number of carbonyl (C=O) groups excluding carboxylic acids is 2. The Kier molecular flexibility index (Phi) is 7.55. The quantitative estimate of drug-likeness (QED) is 0.623. The summed E-state index contributed by atoms with van der Waals surface area (Å²) in [5, 5.41) is 0. The van der Waals surface area contributed by atoms with Gasteiger partial charge in [-0.2, -0.15) is 0 Å². The zero-order chi connectivity index (χ0) is 20.7. The van der Waals surface area contributed by atoms with Crippen molar-refractivity contribution in [1.82, 2.24) is 4.98 Å². The van der Waals surface area contributed by atoms with Crippen molar-refractivity contribution in [3.05, 3.63) is 46.8 Å². The van der Waals surface area contributed by atoms with Crippen LogP contribution in [0.15, 0.2) is 24.3 Å². The first-order chi connectivity index (χ1) is 13.5. The molecule has 1 aromatic heterocycles. The Balaban J connectivity index is 2.85. The van der Waals surface area contributed by atoms with Gasteiger partial charge in [-0.25, -0.2) is 9.59 Å². The lowest BCUT2D eigenvalue weighted by atomic mass is 9.92. The molecule has 6 nitrogen and oxygen atoms in total. The van der Waals surface area contributed by atoms with E-state index in [0.717, 1.165) is 6.42 Å². The molecule has 0 aliphatic rings. The molecule has 0 aliphatic carbocycles. The molecule has 2 rings (SSSR count). The molecule has 0 unspecified atom stereocenters. The maximum Gasteiger partial charge on any atom is 0.340 e. The maximum absolute atomic E-state index is 12.8. The molecule has 6 heteroatoms. The molecule has 0 bridgehead atoms. The van der Waals surface area contributed by atoms with Gasteiger partial charge in [0.1, 0.15) is 5.75 Å². The number of hydrogen-bond acceptors (Lipinski definition) is 6. The summed E-state index contributed by atoms with van der Waals surface area (Å²) >= 11 is 0. The lowest BCUT2D eigenvalue weighted by molar-refractivity contribution is 0.0525. The van der Waals surface area contributed by atoms with E-state index < -0.39 is 11.9 Å². The van der Waals surface area contributed by atoms with E-state index in [2.05, 4.69) is 4.98 Å². The highest BCUT2D eigenvalue weighted by Gasteiger charge is 2.29. The van der Waals surface area contributed by atoms with Crippen LogP contribution in [0.2, 0.25) is 0 Å². The van der Waals surface area contributed by atoms with Gasteiger partial charge in [-0.05, 0) is 40.2 Å². The predicted octanol–water partition coefficient (Wildman–Crippen LogP) is 4.51. The molecule has 1 aromatic carbocycles. The number of nitrogens with zero attached hydrogens (tertiary/aromatic N) is 1. The molecule has 2 aromatic rings. The number of para-hydroxylation sites is 1. The summed E-state index contributed by atoms with van der Waals surface area (Å²) in [6, 6.07) is 7.33. The van der Waals surface area contributed by atoms with Crippen LogP contribution >= 0.6 is 0 Å². The van der Waals surface area contributed by atoms with E-state index in [-0.39, 0.29) is 24.3 Å². The van der Waals surface area contributed by atoms with Gasteiger partial charge in [0, 0.05) is 11.1 Å². The molecule has 0 spiro atoms. The number of aryl methyl sites for hydroxylation is 2. The minimum Gasteiger partial charge on any atom is -0.493 e. The zero-order valence-corrected chi connectivity index (χ0v) is 17.1. The van der Waals surface area contributed by atoms with Crippen molar-refractivity contribution in [2.45, 2.75) is 41.0 Å². The van der Waals surface area contributed by atoms with Crippen LogP contribution in [0.25, 0.3) is 11.1 Å². The molecular formula is C22H27NO5. The minimum absolute atomic E-state index is 0.217. The summed E-state index contributed by atoms with van der Waals surface area (Å²) in [6.07, 6.45) is 0.832. The third kappa shape index (κ3) is 4.50. The van der Waals surface area contributed by atoms with Gasteiger partial charge in [-0.1, -0.05) is 25.1 Å². The second-order valence-electron chi connectivity index (χ2n) is 6.19. The van der Waals surface area contributed by atoms with Crippen molar-refractivity contribution in [2.75, 3.05) is 19.8 Å². The fourth-order valence-electron chi connectivity index (χ4n) is 3.04. The van der Waals surface area contributed by atoms with E-state index >= 15 is 0 Å². The molecule has 0 saturated heterocycles. The molecule has 0 saturated carbocycles. The first-order valence-electron chi connectivity index (χ1n) is 9.53. The Hall–Kier alpha value is -2.89. The molecular weight excluding hydrogens is 358 g/mol. The standard InChI is InChI=1S/C22H27NO5/c1-6-13-28-17-12-10-9-11-16(17)20-18(21(24)26-7-2)14(4)23-15(5)19(20)22(25)27-8-3/h9-12H,6-8,13H2,1-5H3. The highest BCUT2D eigenvalue weighted by Crippen LogP contribution is 2.38. The predicted molar refractivity (Wildman–Crippen MR) is 107 cm³/mol. The number of rotatable bonds is 8. The third-order valence-electron chi connectivity index (χ3n) is 4.14. The number of carbonyl (C=O) groups is 2. The monoisotopic (exact) mass is 385 g/mol. The van der Waals surface area contributed by atoms with E-state index in [1.165, 1.54) is 0 Å². The van der Waals surface area contributed by atoms with Crippen LogP contribution < -0.4 is 4.74 Å². The SMILES string of the molecule is CCCOc1ccccc1-c1c(C(=O)OCC)c(C)nc(C)c1C(=O)OCC. The van der Waals surface area contributed by atoms with Crippen molar-refractivity contribution < 1.29 is 23.8 Å². The molecule has 0 N–H and O–H groups in total. The molecule has 1 heterocycles. The fourth-order valence-corrected chi connectivity index (χ4v) is 3.04. The van der Waals surface area contributed by atoms with Crippen LogP contribution in [-0.2, 0) is 9.47 Å². The fraction of sp³-hybridized carbons (Fsp3) is 0.409.